The molecule has 0 spiro atoms. The molecule has 0 heterocycles. The van der Waals surface area contributed by atoms with Gasteiger partial charge in [0.25, 0.3) is 0 Å². The predicted octanol–water partition coefficient (Wildman–Crippen LogP) is 3.06. The second-order valence-electron chi connectivity index (χ2n) is 6.58. The van der Waals surface area contributed by atoms with Gasteiger partial charge in [0.05, 0.1) is 31.2 Å². The summed E-state index contributed by atoms with van der Waals surface area (Å²) in [5.74, 6) is -0.372. The Morgan fingerprint density at radius 2 is 1.67 bits per heavy atom. The van der Waals surface area contributed by atoms with Crippen molar-refractivity contribution in [2.75, 3.05) is 36.1 Å². The third-order valence-corrected chi connectivity index (χ3v) is 5.32. The highest BCUT2D eigenvalue weighted by Crippen LogP contribution is 2.21. The number of sulfonamides is 1. The summed E-state index contributed by atoms with van der Waals surface area (Å²) in [5, 5.41) is 2.63. The molecule has 0 unspecified atom stereocenters. The zero-order chi connectivity index (χ0) is 22.1. The first kappa shape index (κ1) is 23.2. The van der Waals surface area contributed by atoms with Gasteiger partial charge in [-0.1, -0.05) is 13.3 Å². The van der Waals surface area contributed by atoms with Crippen molar-refractivity contribution in [2.45, 2.75) is 19.8 Å². The van der Waals surface area contributed by atoms with Gasteiger partial charge < -0.3 is 14.8 Å². The van der Waals surface area contributed by atoms with E-state index in [9.17, 15) is 18.0 Å². The number of nitrogens with zero attached hydrogens (tertiary/aromatic N) is 1. The van der Waals surface area contributed by atoms with E-state index in [2.05, 4.69) is 5.32 Å². The maximum Gasteiger partial charge on any atom is 0.338 e. The highest BCUT2D eigenvalue weighted by molar-refractivity contribution is 7.92. The quantitative estimate of drug-likeness (QED) is 0.455. The summed E-state index contributed by atoms with van der Waals surface area (Å²) >= 11 is 0. The Morgan fingerprint density at radius 1 is 1.03 bits per heavy atom. The normalized spacial score (nSPS) is 10.9. The summed E-state index contributed by atoms with van der Waals surface area (Å²) in [7, 11) is -2.18. The molecule has 0 radical (unpaired) electrons. The summed E-state index contributed by atoms with van der Waals surface area (Å²) in [5.41, 5.74) is 1.16. The van der Waals surface area contributed by atoms with E-state index in [1.807, 2.05) is 6.92 Å². The second kappa shape index (κ2) is 10.6. The third kappa shape index (κ3) is 6.77. The highest BCUT2D eigenvalue weighted by Gasteiger charge is 2.21. The summed E-state index contributed by atoms with van der Waals surface area (Å²) in [6.45, 7) is 1.97. The lowest BCUT2D eigenvalue weighted by molar-refractivity contribution is -0.114. The molecule has 0 atom stereocenters. The number of carbonyl (C=O) groups is 2. The molecule has 2 aromatic carbocycles. The molecule has 0 bridgehead atoms. The number of hydrogen-bond acceptors (Lipinski definition) is 6. The van der Waals surface area contributed by atoms with E-state index in [-0.39, 0.29) is 0 Å². The number of unbranched alkanes of at least 4 members (excludes halogenated alkanes) is 1. The smallest absolute Gasteiger partial charge is 0.338 e. The molecule has 0 aliphatic heterocycles. The molecule has 0 saturated heterocycles. The fourth-order valence-electron chi connectivity index (χ4n) is 2.56. The molecule has 1 N–H and O–H groups in total. The van der Waals surface area contributed by atoms with E-state index < -0.39 is 28.4 Å². The molecule has 30 heavy (non-hydrogen) atoms. The van der Waals surface area contributed by atoms with Crippen molar-refractivity contribution in [2.24, 2.45) is 0 Å². The molecule has 2 rings (SSSR count). The lowest BCUT2D eigenvalue weighted by Crippen LogP contribution is -2.37. The van der Waals surface area contributed by atoms with Gasteiger partial charge in [-0.3, -0.25) is 9.10 Å². The Balaban J connectivity index is 2.03. The van der Waals surface area contributed by atoms with Gasteiger partial charge in [-0.05, 0) is 55.0 Å². The number of esters is 1. The summed E-state index contributed by atoms with van der Waals surface area (Å²) < 4.78 is 35.5. The summed E-state index contributed by atoms with van der Waals surface area (Å²) in [6, 6.07) is 12.6. The van der Waals surface area contributed by atoms with Gasteiger partial charge in [0.2, 0.25) is 15.9 Å². The van der Waals surface area contributed by atoms with Gasteiger partial charge in [-0.15, -0.1) is 0 Å². The van der Waals surface area contributed by atoms with Gasteiger partial charge in [0.15, 0.2) is 0 Å². The molecule has 0 aliphatic carbocycles. The van der Waals surface area contributed by atoms with Crippen LogP contribution in [-0.4, -0.2) is 46.8 Å². The maximum atomic E-state index is 12.4. The average Bonchev–Trinajstić information content (AvgIpc) is 2.72. The number of hydrogen-bond donors (Lipinski definition) is 1. The van der Waals surface area contributed by atoms with Crippen LogP contribution in [0.25, 0.3) is 0 Å². The molecule has 0 aliphatic rings. The Labute approximate surface area is 176 Å². The molecule has 162 valence electrons. The van der Waals surface area contributed by atoms with E-state index in [0.717, 1.165) is 23.4 Å². The number of carbonyl (C=O) groups excluding carboxylic acids is 2. The maximum absolute atomic E-state index is 12.4. The minimum atomic E-state index is -3.68. The molecule has 8 nitrogen and oxygen atoms in total. The minimum Gasteiger partial charge on any atom is -0.497 e. The third-order valence-electron chi connectivity index (χ3n) is 4.18. The zero-order valence-electron chi connectivity index (χ0n) is 17.3. The van der Waals surface area contributed by atoms with E-state index in [1.165, 1.54) is 7.11 Å². The fourth-order valence-corrected chi connectivity index (χ4v) is 3.42. The summed E-state index contributed by atoms with van der Waals surface area (Å²) in [6.07, 6.45) is 2.76. The lowest BCUT2D eigenvalue weighted by atomic mass is 10.2. The van der Waals surface area contributed by atoms with Crippen molar-refractivity contribution in [1.82, 2.24) is 0 Å². The first-order valence-electron chi connectivity index (χ1n) is 9.43. The number of methoxy groups -OCH3 is 1. The first-order chi connectivity index (χ1) is 14.2. The fraction of sp³-hybridized carbons (Fsp3) is 0.333. The largest absolute Gasteiger partial charge is 0.497 e. The van der Waals surface area contributed by atoms with Crippen LogP contribution in [0.15, 0.2) is 48.5 Å². The molecule has 0 fully saturated rings. The standard InChI is InChI=1S/C21H26N2O6S/c1-4-5-14-29-21(25)16-6-8-17(9-7-16)22-20(24)15-23(30(3,26)27)18-10-12-19(28-2)13-11-18/h6-13H,4-5,14-15H2,1-3H3,(H,22,24). The number of nitrogens with one attached hydrogen (secondary N) is 1. The number of benzene rings is 2. The van der Waals surface area contributed by atoms with Crippen molar-refractivity contribution in [1.29, 1.82) is 0 Å². The van der Waals surface area contributed by atoms with Gasteiger partial charge >= 0.3 is 5.97 Å². The molecular formula is C21H26N2O6S. The Bertz CT molecular complexity index is 956. The van der Waals surface area contributed by atoms with Gasteiger partial charge in [-0.2, -0.15) is 0 Å². The van der Waals surface area contributed by atoms with Gasteiger partial charge in [0.1, 0.15) is 12.3 Å². The van der Waals surface area contributed by atoms with Crippen molar-refractivity contribution in [3.63, 3.8) is 0 Å². The SMILES string of the molecule is CCCCOC(=O)c1ccc(NC(=O)CN(c2ccc(OC)cc2)S(C)(=O)=O)cc1. The minimum absolute atomic E-state index is 0.346. The number of anilines is 2. The van der Waals surface area contributed by atoms with E-state index >= 15 is 0 Å². The molecule has 0 saturated carbocycles. The van der Waals surface area contributed by atoms with Crippen LogP contribution in [0.2, 0.25) is 0 Å². The number of ether oxygens (including phenoxy) is 2. The first-order valence-corrected chi connectivity index (χ1v) is 11.3. The highest BCUT2D eigenvalue weighted by atomic mass is 32.2. The van der Waals surface area contributed by atoms with Crippen molar-refractivity contribution in [3.05, 3.63) is 54.1 Å². The monoisotopic (exact) mass is 434 g/mol. The van der Waals surface area contributed by atoms with Crippen LogP contribution in [0.5, 0.6) is 5.75 Å². The van der Waals surface area contributed by atoms with E-state index in [4.69, 9.17) is 9.47 Å². The van der Waals surface area contributed by atoms with Gasteiger partial charge in [0, 0.05) is 5.69 Å². The van der Waals surface area contributed by atoms with Crippen LogP contribution in [0.1, 0.15) is 30.1 Å². The lowest BCUT2D eigenvalue weighted by Gasteiger charge is -2.22. The predicted molar refractivity (Wildman–Crippen MR) is 115 cm³/mol. The average molecular weight is 435 g/mol. The van der Waals surface area contributed by atoms with Crippen LogP contribution in [0.3, 0.4) is 0 Å². The van der Waals surface area contributed by atoms with Crippen LogP contribution in [0, 0.1) is 0 Å². The molecule has 2 aromatic rings. The Kier molecular flexibility index (Phi) is 8.23. The topological polar surface area (TPSA) is 102 Å². The van der Waals surface area contributed by atoms with Crippen LogP contribution in [-0.2, 0) is 19.6 Å². The molecular weight excluding hydrogens is 408 g/mol. The van der Waals surface area contributed by atoms with E-state index in [1.54, 1.807) is 48.5 Å². The molecule has 0 aromatic heterocycles. The number of rotatable bonds is 10. The van der Waals surface area contributed by atoms with Crippen LogP contribution >= 0.6 is 0 Å². The van der Waals surface area contributed by atoms with E-state index in [0.29, 0.717) is 29.3 Å². The summed E-state index contributed by atoms with van der Waals surface area (Å²) in [4.78, 5) is 24.3. The van der Waals surface area contributed by atoms with Crippen LogP contribution in [0.4, 0.5) is 11.4 Å². The number of amides is 1. The molecule has 9 heteroatoms. The Hall–Kier alpha value is -3.07. The zero-order valence-corrected chi connectivity index (χ0v) is 18.1. The Morgan fingerprint density at radius 3 is 2.20 bits per heavy atom. The van der Waals surface area contributed by atoms with Crippen molar-refractivity contribution in [3.8, 4) is 5.75 Å². The second-order valence-corrected chi connectivity index (χ2v) is 8.49. The molecule has 1 amide bonds. The van der Waals surface area contributed by atoms with Crippen LogP contribution < -0.4 is 14.4 Å². The van der Waals surface area contributed by atoms with Crippen molar-refractivity contribution < 1.29 is 27.5 Å². The van der Waals surface area contributed by atoms with Crippen molar-refractivity contribution >= 4 is 33.3 Å². The van der Waals surface area contributed by atoms with Gasteiger partial charge in [-0.25, -0.2) is 13.2 Å².